The van der Waals surface area contributed by atoms with Crippen LogP contribution in [0.3, 0.4) is 0 Å². The van der Waals surface area contributed by atoms with Crippen molar-refractivity contribution in [3.8, 4) is 57.4 Å². The fourth-order valence-electron chi connectivity index (χ4n) is 16.2. The third kappa shape index (κ3) is 20.6. The molecule has 6 N–H and O–H groups in total. The fourth-order valence-corrected chi connectivity index (χ4v) is 20.2. The number of phenolic OH excluding ortho intramolecular Hbond substituents is 2. The number of aromatic hydroxyl groups is 6. The second kappa shape index (κ2) is 42.6. The van der Waals surface area contributed by atoms with E-state index in [1.807, 2.05) is 54.6 Å². The molecule has 0 aliphatic carbocycles. The van der Waals surface area contributed by atoms with Crippen molar-refractivity contribution in [2.45, 2.75) is 58.8 Å². The van der Waals surface area contributed by atoms with E-state index < -0.39 is 103 Å². The lowest BCUT2D eigenvalue weighted by Gasteiger charge is -2.26. The van der Waals surface area contributed by atoms with Crippen molar-refractivity contribution in [2.75, 3.05) is 53.7 Å². The number of aromatic nitrogens is 4. The third-order valence-corrected chi connectivity index (χ3v) is 28.8. The third-order valence-electron chi connectivity index (χ3n) is 23.2. The van der Waals surface area contributed by atoms with Gasteiger partial charge in [-0.05, 0) is 196 Å². The molecule has 27 nitrogen and oxygen atoms in total. The summed E-state index contributed by atoms with van der Waals surface area (Å²) in [5.41, 5.74) is -1.60. The molecular formula is C107H75BrClF4N5O22S4. The summed E-state index contributed by atoms with van der Waals surface area (Å²) in [6, 6.07) is 71.8. The molecular weight excluding hydrogens is 2030 g/mol. The first kappa shape index (κ1) is 98.5. The van der Waals surface area contributed by atoms with E-state index in [9.17, 15) is 86.6 Å². The van der Waals surface area contributed by atoms with Crippen LogP contribution in [0.25, 0.3) is 93.2 Å². The highest BCUT2D eigenvalue weighted by atomic mass is 79.9. The average Bonchev–Trinajstić information content (AvgIpc) is 0.739. The van der Waals surface area contributed by atoms with Crippen LogP contribution in [0, 0.1) is 23.3 Å². The molecule has 0 bridgehead atoms. The molecule has 0 radical (unpaired) electrons. The van der Waals surface area contributed by atoms with Crippen LogP contribution in [-0.4, -0.2) is 107 Å². The van der Waals surface area contributed by atoms with Gasteiger partial charge < -0.3 is 81.0 Å². The molecule has 0 saturated carbocycles. The van der Waals surface area contributed by atoms with Crippen LogP contribution < -0.4 is 59.0 Å². The SMILES string of the molecule is COc1ccc2c3oc(=O)c(Sc4ccc(F)cc4)c(O)c3c(=O)n(-c3ccccc3)c2c1.COc1ccc2c3oc(=O)c(Sc4ccccc4Br)c(O)c3c(=O)n(Cc3ccccc3)c2c1.O=c1oc2c(c(O)c1Sc1ccc(Cl)cc1)c(=O)n(Cc1ccc(F)cc1)c1cc(O)c(O)cc21.O=c1oc2c(c(O)c1Sc1ccc(F)cc1)c(=O)n(Cc1ccc(F)cc1)c1cc(OCCN3CCOCC3)ccc21. The van der Waals surface area contributed by atoms with Crippen LogP contribution in [0.2, 0.25) is 5.02 Å². The Hall–Kier alpha value is -15.7. The van der Waals surface area contributed by atoms with Crippen molar-refractivity contribution >= 4 is 162 Å². The number of rotatable bonds is 21. The lowest BCUT2D eigenvalue weighted by molar-refractivity contribution is 0.0322. The van der Waals surface area contributed by atoms with Crippen LogP contribution in [0.4, 0.5) is 17.6 Å². The number of morpholine rings is 1. The van der Waals surface area contributed by atoms with E-state index >= 15 is 0 Å². The van der Waals surface area contributed by atoms with E-state index in [1.54, 1.807) is 133 Å². The van der Waals surface area contributed by atoms with Crippen molar-refractivity contribution in [3.63, 3.8) is 0 Å². The van der Waals surface area contributed by atoms with Crippen molar-refractivity contribution < 1.29 is 84.8 Å². The van der Waals surface area contributed by atoms with Gasteiger partial charge in [-0.15, -0.1) is 0 Å². The van der Waals surface area contributed by atoms with Gasteiger partial charge in [-0.25, -0.2) is 36.7 Å². The first-order valence-electron chi connectivity index (χ1n) is 43.8. The lowest BCUT2D eigenvalue weighted by Crippen LogP contribution is -2.38. The molecule has 1 saturated heterocycles. The van der Waals surface area contributed by atoms with Crippen molar-refractivity contribution in [2.24, 2.45) is 0 Å². The molecule has 20 aromatic rings. The van der Waals surface area contributed by atoms with Gasteiger partial charge in [0.05, 0.1) is 69.1 Å². The summed E-state index contributed by atoms with van der Waals surface area (Å²) in [5, 5.41) is 66.1. The van der Waals surface area contributed by atoms with Gasteiger partial charge in [0, 0.05) is 100 Å². The number of ether oxygens (including phenoxy) is 4. The molecule has 8 aromatic heterocycles. The Morgan fingerprint density at radius 1 is 0.368 bits per heavy atom. The van der Waals surface area contributed by atoms with Gasteiger partial charge in [-0.3, -0.25) is 28.6 Å². The number of para-hydroxylation sites is 1. The highest BCUT2D eigenvalue weighted by Gasteiger charge is 2.30. The summed E-state index contributed by atoms with van der Waals surface area (Å²) in [5.74, 6) is -3.14. The van der Waals surface area contributed by atoms with Crippen LogP contribution in [0.15, 0.2) is 373 Å². The number of phenols is 2. The van der Waals surface area contributed by atoms with Gasteiger partial charge in [0.1, 0.15) is 88.3 Å². The number of hydrogen-bond donors (Lipinski definition) is 6. The van der Waals surface area contributed by atoms with E-state index in [4.69, 9.17) is 48.2 Å². The maximum absolute atomic E-state index is 14.0. The van der Waals surface area contributed by atoms with Crippen LogP contribution in [0.1, 0.15) is 16.7 Å². The summed E-state index contributed by atoms with van der Waals surface area (Å²) < 4.78 is 104. The Kier molecular flexibility index (Phi) is 29.2. The highest BCUT2D eigenvalue weighted by molar-refractivity contribution is 9.10. The number of fused-ring (bicyclic) bond motifs is 12. The van der Waals surface area contributed by atoms with Gasteiger partial charge in [-0.1, -0.05) is 144 Å². The molecule has 144 heavy (non-hydrogen) atoms. The van der Waals surface area contributed by atoms with Crippen LogP contribution >= 0.6 is 74.6 Å². The predicted octanol–water partition coefficient (Wildman–Crippen LogP) is 21.1. The number of halogens is 6. The standard InChI is InChI=1S/C31H26F2N2O6S.C26H18BrNO5S.C25H15ClFNO6S.C25H16FNO5S/c32-20-3-1-19(2-4-20)18-35-25-17-22(40-16-13-34-11-14-39-15-12-34)7-10-24(25)28-26(30(35)37)27(36)29(31(38)41-28)42-23-8-5-21(33)6-9-23;1-32-16-11-12-17-19(13-16)28(14-15-7-3-2-4-8-15)25(30)21-22(29)24(26(31)33-23(17)21)34-20-10-6-5-9-18(20)27;26-13-3-7-15(8-4-13)35-23-21(31)20-22(34-25(23)33)16-9-18(29)19(30)10-17(16)28(24(20)32)11-12-1-5-14(27)6-2-12;1-31-16-9-12-18-19(13-16)27(15-5-3-2-4-6-15)24(29)20-21(28)23(25(30)32-22(18)20)33-17-10-7-14(26)8-11-17/h1-10,17,36H,11-16,18H2;2-13,29H,14H2,1H3;1-10,29-31H,11H2;2-13,28H,1H3. The number of nitrogens with zero attached hydrogens (tertiary/aromatic N) is 5. The topological polar surface area (TPSA) is 370 Å². The average molecular weight is 2100 g/mol. The van der Waals surface area contributed by atoms with Crippen molar-refractivity contribution in [1.82, 2.24) is 23.2 Å². The van der Waals surface area contributed by atoms with E-state index in [1.165, 1.54) is 106 Å². The number of methoxy groups -OCH3 is 2. The number of benzene rings is 12. The second-order valence-electron chi connectivity index (χ2n) is 32.3. The number of pyridine rings is 4. The van der Waals surface area contributed by atoms with Gasteiger partial charge in [-0.2, -0.15) is 0 Å². The normalized spacial score (nSPS) is 12.1. The van der Waals surface area contributed by atoms with Crippen molar-refractivity contribution in [1.29, 1.82) is 0 Å². The maximum atomic E-state index is 14.0. The Balaban J connectivity index is 0.000000127. The van der Waals surface area contributed by atoms with E-state index in [0.29, 0.717) is 118 Å². The Morgan fingerprint density at radius 2 is 0.715 bits per heavy atom. The molecule has 1 aliphatic rings. The van der Waals surface area contributed by atoms with E-state index in [-0.39, 0.29) is 94.0 Å². The second-order valence-corrected chi connectivity index (χ2v) is 37.9. The molecule has 0 amide bonds. The quantitative estimate of drug-likeness (QED) is 0.0221. The maximum Gasteiger partial charge on any atom is 0.354 e. The van der Waals surface area contributed by atoms with E-state index in [0.717, 1.165) is 82.3 Å². The molecule has 0 spiro atoms. The largest absolute Gasteiger partial charge is 0.505 e. The molecule has 12 aromatic carbocycles. The summed E-state index contributed by atoms with van der Waals surface area (Å²) in [7, 11) is 3.05. The molecule has 1 fully saturated rings. The Morgan fingerprint density at radius 3 is 1.15 bits per heavy atom. The summed E-state index contributed by atoms with van der Waals surface area (Å²) in [6.45, 7) is 4.42. The predicted molar refractivity (Wildman–Crippen MR) is 546 cm³/mol. The van der Waals surface area contributed by atoms with Gasteiger partial charge >= 0.3 is 22.5 Å². The van der Waals surface area contributed by atoms with Crippen LogP contribution in [-0.2, 0) is 24.4 Å². The Bertz CT molecular complexity index is 8960. The monoisotopic (exact) mass is 2100 g/mol. The molecule has 0 unspecified atom stereocenters. The lowest BCUT2D eigenvalue weighted by atomic mass is 10.1. The molecule has 21 rings (SSSR count). The number of hydrogen-bond acceptors (Lipinski definition) is 27. The molecule has 37 heteroatoms. The first-order chi connectivity index (χ1) is 69.5. The molecule has 0 atom stereocenters. The van der Waals surface area contributed by atoms with E-state index in [2.05, 4.69) is 20.8 Å². The highest BCUT2D eigenvalue weighted by Crippen LogP contribution is 2.46. The molecule has 1 aliphatic heterocycles. The minimum Gasteiger partial charge on any atom is -0.505 e. The van der Waals surface area contributed by atoms with Gasteiger partial charge in [0.15, 0.2) is 56.8 Å². The zero-order valence-corrected chi connectivity index (χ0v) is 80.8. The van der Waals surface area contributed by atoms with Crippen LogP contribution in [0.5, 0.6) is 51.7 Å². The van der Waals surface area contributed by atoms with Gasteiger partial charge in [0.2, 0.25) is 0 Å². The zero-order valence-electron chi connectivity index (χ0n) is 75.2. The zero-order chi connectivity index (χ0) is 101. The smallest absolute Gasteiger partial charge is 0.354 e. The Labute approximate surface area is 839 Å². The summed E-state index contributed by atoms with van der Waals surface area (Å²) in [6.07, 6.45) is 0. The summed E-state index contributed by atoms with van der Waals surface area (Å²) >= 11 is 13.1. The molecule has 726 valence electrons. The minimum absolute atomic E-state index is 0.0178. The van der Waals surface area contributed by atoms with Gasteiger partial charge in [0.25, 0.3) is 22.2 Å². The summed E-state index contributed by atoms with van der Waals surface area (Å²) in [4.78, 5) is 110. The first-order valence-corrected chi connectivity index (χ1v) is 48.2. The molecule has 9 heterocycles. The van der Waals surface area contributed by atoms with Crippen molar-refractivity contribution in [3.05, 3.63) is 406 Å². The minimum atomic E-state index is -0.889. The fraction of sp³-hybridized carbons (Fsp3) is 0.103.